The molecule has 1 unspecified atom stereocenters. The monoisotopic (exact) mass is 319 g/mol. The van der Waals surface area contributed by atoms with Crippen molar-refractivity contribution in [1.29, 1.82) is 0 Å². The second kappa shape index (κ2) is 4.23. The summed E-state index contributed by atoms with van der Waals surface area (Å²) in [5.74, 6) is -0.610. The molecule has 1 N–H and O–H groups in total. The molecule has 118 valence electrons. The quantitative estimate of drug-likeness (QED) is 0.748. The van der Waals surface area contributed by atoms with E-state index in [1.54, 1.807) is 10.6 Å². The van der Waals surface area contributed by atoms with Crippen LogP contribution >= 0.6 is 0 Å². The van der Waals surface area contributed by atoms with Crippen LogP contribution in [-0.4, -0.2) is 26.5 Å². The van der Waals surface area contributed by atoms with Crippen LogP contribution in [0.3, 0.4) is 0 Å². The second-order valence-electron chi connectivity index (χ2n) is 6.13. The highest BCUT2D eigenvalue weighted by molar-refractivity contribution is 6.09. The SMILES string of the molecule is O=C1CCC2(C(=O)O)N1c1ccccc1-c1nc3ccccc3n12. The lowest BCUT2D eigenvalue weighted by molar-refractivity contribution is -0.147. The molecule has 6 nitrogen and oxygen atoms in total. The van der Waals surface area contributed by atoms with Gasteiger partial charge in [0.05, 0.1) is 16.7 Å². The zero-order chi connectivity index (χ0) is 16.5. The number of nitrogens with zero attached hydrogens (tertiary/aromatic N) is 3. The minimum absolute atomic E-state index is 0.173. The molecule has 0 bridgehead atoms. The molecule has 5 rings (SSSR count). The molecule has 1 aromatic heterocycles. The number of imidazole rings is 1. The Morgan fingerprint density at radius 2 is 1.88 bits per heavy atom. The highest BCUT2D eigenvalue weighted by Gasteiger charge is 2.58. The molecule has 0 radical (unpaired) electrons. The first kappa shape index (κ1) is 13.3. The Hall–Kier alpha value is -3.15. The van der Waals surface area contributed by atoms with Gasteiger partial charge in [-0.1, -0.05) is 24.3 Å². The lowest BCUT2D eigenvalue weighted by Crippen LogP contribution is -2.56. The highest BCUT2D eigenvalue weighted by atomic mass is 16.4. The molecular weight excluding hydrogens is 306 g/mol. The molecule has 1 saturated heterocycles. The predicted molar refractivity (Wildman–Crippen MR) is 87.5 cm³/mol. The Morgan fingerprint density at radius 3 is 2.71 bits per heavy atom. The smallest absolute Gasteiger partial charge is 0.351 e. The highest BCUT2D eigenvalue weighted by Crippen LogP contribution is 2.50. The Bertz CT molecular complexity index is 1040. The van der Waals surface area contributed by atoms with Crippen LogP contribution in [-0.2, 0) is 15.3 Å². The van der Waals surface area contributed by atoms with Crippen LogP contribution in [0.4, 0.5) is 5.69 Å². The molecule has 0 saturated carbocycles. The van der Waals surface area contributed by atoms with Gasteiger partial charge in [0.1, 0.15) is 5.82 Å². The van der Waals surface area contributed by atoms with Crippen molar-refractivity contribution in [2.45, 2.75) is 18.5 Å². The molecule has 0 aliphatic carbocycles. The summed E-state index contributed by atoms with van der Waals surface area (Å²) in [4.78, 5) is 31.1. The summed E-state index contributed by atoms with van der Waals surface area (Å²) in [5.41, 5.74) is 1.40. The molecule has 1 fully saturated rings. The second-order valence-corrected chi connectivity index (χ2v) is 6.13. The number of aromatic nitrogens is 2. The molecule has 1 atom stereocenters. The third-order valence-corrected chi connectivity index (χ3v) is 4.97. The van der Waals surface area contributed by atoms with Gasteiger partial charge in [-0.15, -0.1) is 0 Å². The fourth-order valence-electron chi connectivity index (χ4n) is 3.99. The van der Waals surface area contributed by atoms with Crippen molar-refractivity contribution < 1.29 is 14.7 Å². The number of rotatable bonds is 1. The molecule has 1 amide bonds. The molecule has 2 aromatic carbocycles. The van der Waals surface area contributed by atoms with Crippen molar-refractivity contribution in [3.63, 3.8) is 0 Å². The van der Waals surface area contributed by atoms with E-state index in [2.05, 4.69) is 4.98 Å². The Morgan fingerprint density at radius 1 is 1.12 bits per heavy atom. The molecule has 0 spiro atoms. The first-order valence-electron chi connectivity index (χ1n) is 7.78. The maximum atomic E-state index is 12.6. The van der Waals surface area contributed by atoms with E-state index in [0.29, 0.717) is 11.5 Å². The summed E-state index contributed by atoms with van der Waals surface area (Å²) < 4.78 is 1.72. The van der Waals surface area contributed by atoms with E-state index < -0.39 is 11.6 Å². The van der Waals surface area contributed by atoms with Gasteiger partial charge in [-0.05, 0) is 24.3 Å². The van der Waals surface area contributed by atoms with Crippen molar-refractivity contribution in [2.75, 3.05) is 4.90 Å². The van der Waals surface area contributed by atoms with E-state index in [1.807, 2.05) is 42.5 Å². The summed E-state index contributed by atoms with van der Waals surface area (Å²) in [6.45, 7) is 0. The van der Waals surface area contributed by atoms with Gasteiger partial charge in [0.2, 0.25) is 11.6 Å². The molecular formula is C18H13N3O3. The number of hydrogen-bond acceptors (Lipinski definition) is 3. The van der Waals surface area contributed by atoms with Crippen molar-refractivity contribution >= 4 is 28.6 Å². The largest absolute Gasteiger partial charge is 0.478 e. The normalized spacial score (nSPS) is 21.5. The standard InChI is InChI=1S/C18H13N3O3/c22-15-9-10-18(17(23)24)20(15)13-7-3-1-5-11(13)16-19-12-6-2-4-8-14(12)21(16)18/h1-8H,9-10H2,(H,23,24). The van der Waals surface area contributed by atoms with Crippen molar-refractivity contribution in [2.24, 2.45) is 0 Å². The van der Waals surface area contributed by atoms with Gasteiger partial charge in [0.25, 0.3) is 0 Å². The van der Waals surface area contributed by atoms with E-state index in [-0.39, 0.29) is 18.7 Å². The van der Waals surface area contributed by atoms with Crippen molar-refractivity contribution in [1.82, 2.24) is 9.55 Å². The number of amides is 1. The fourth-order valence-corrected chi connectivity index (χ4v) is 3.99. The lowest BCUT2D eigenvalue weighted by Gasteiger charge is -2.41. The van der Waals surface area contributed by atoms with E-state index >= 15 is 0 Å². The van der Waals surface area contributed by atoms with E-state index in [0.717, 1.165) is 16.6 Å². The van der Waals surface area contributed by atoms with E-state index in [9.17, 15) is 14.7 Å². The van der Waals surface area contributed by atoms with Crippen LogP contribution < -0.4 is 4.90 Å². The van der Waals surface area contributed by atoms with Crippen molar-refractivity contribution in [3.05, 3.63) is 48.5 Å². The van der Waals surface area contributed by atoms with E-state index in [1.165, 1.54) is 4.90 Å². The first-order chi connectivity index (χ1) is 11.6. The van der Waals surface area contributed by atoms with Crippen LogP contribution in [0, 0.1) is 0 Å². The Labute approximate surface area is 136 Å². The number of anilines is 1. The number of carbonyl (C=O) groups excluding carboxylic acids is 1. The fraction of sp³-hybridized carbons (Fsp3) is 0.167. The van der Waals surface area contributed by atoms with Gasteiger partial charge in [-0.2, -0.15) is 0 Å². The van der Waals surface area contributed by atoms with Crippen molar-refractivity contribution in [3.8, 4) is 11.4 Å². The number of carboxylic acids is 1. The van der Waals surface area contributed by atoms with Crippen LogP contribution in [0.25, 0.3) is 22.4 Å². The maximum Gasteiger partial charge on any atom is 0.351 e. The van der Waals surface area contributed by atoms with Gasteiger partial charge < -0.3 is 5.11 Å². The summed E-state index contributed by atoms with van der Waals surface area (Å²) in [5, 5.41) is 10.1. The Balaban J connectivity index is 2.00. The molecule has 3 aromatic rings. The minimum atomic E-state index is -1.45. The number of hydrogen-bond donors (Lipinski definition) is 1. The first-order valence-corrected chi connectivity index (χ1v) is 7.78. The summed E-state index contributed by atoms with van der Waals surface area (Å²) >= 11 is 0. The number of carboxylic acid groups (broad SMARTS) is 1. The third kappa shape index (κ3) is 1.34. The van der Waals surface area contributed by atoms with Crippen LogP contribution in [0.15, 0.2) is 48.5 Å². The zero-order valence-electron chi connectivity index (χ0n) is 12.6. The number of carbonyl (C=O) groups is 2. The molecule has 3 heterocycles. The van der Waals surface area contributed by atoms with E-state index in [4.69, 9.17) is 0 Å². The van der Waals surface area contributed by atoms with Gasteiger partial charge in [0.15, 0.2) is 0 Å². The summed E-state index contributed by atoms with van der Waals surface area (Å²) in [6, 6.07) is 14.8. The van der Waals surface area contributed by atoms with Gasteiger partial charge in [-0.25, -0.2) is 9.78 Å². The van der Waals surface area contributed by atoms with Gasteiger partial charge in [0, 0.05) is 18.4 Å². The van der Waals surface area contributed by atoms with Crippen LogP contribution in [0.5, 0.6) is 0 Å². The topological polar surface area (TPSA) is 75.4 Å². The summed E-state index contributed by atoms with van der Waals surface area (Å²) in [7, 11) is 0. The third-order valence-electron chi connectivity index (χ3n) is 4.97. The zero-order valence-corrected chi connectivity index (χ0v) is 12.6. The molecule has 6 heteroatoms. The molecule has 2 aliphatic rings. The van der Waals surface area contributed by atoms with Crippen LogP contribution in [0.2, 0.25) is 0 Å². The number of benzene rings is 2. The molecule has 2 aliphatic heterocycles. The average molecular weight is 319 g/mol. The lowest BCUT2D eigenvalue weighted by atomic mass is 9.99. The molecule has 24 heavy (non-hydrogen) atoms. The predicted octanol–water partition coefficient (Wildman–Crippen LogP) is 2.58. The number of fused-ring (bicyclic) bond motifs is 8. The van der Waals surface area contributed by atoms with Crippen LogP contribution in [0.1, 0.15) is 12.8 Å². The average Bonchev–Trinajstić information content (AvgIpc) is 3.14. The minimum Gasteiger partial charge on any atom is -0.478 e. The van der Waals surface area contributed by atoms with Gasteiger partial charge in [-0.3, -0.25) is 14.3 Å². The number of aliphatic carboxylic acids is 1. The maximum absolute atomic E-state index is 12.6. The van der Waals surface area contributed by atoms with Gasteiger partial charge >= 0.3 is 5.97 Å². The Kier molecular flexibility index (Phi) is 2.34. The number of para-hydroxylation sites is 3. The summed E-state index contributed by atoms with van der Waals surface area (Å²) in [6.07, 6.45) is 0.426.